The highest BCUT2D eigenvalue weighted by Gasteiger charge is 2.13. The topological polar surface area (TPSA) is 63.7 Å². The zero-order valence-electron chi connectivity index (χ0n) is 11.0. The van der Waals surface area contributed by atoms with Gasteiger partial charge in [-0.1, -0.05) is 18.2 Å². The van der Waals surface area contributed by atoms with Gasteiger partial charge < -0.3 is 4.90 Å². The molecule has 0 fully saturated rings. The number of rotatable bonds is 3. The first-order chi connectivity index (χ1) is 9.15. The molecule has 0 bridgehead atoms. The summed E-state index contributed by atoms with van der Waals surface area (Å²) >= 11 is 0. The van der Waals surface area contributed by atoms with E-state index >= 15 is 0 Å². The predicted molar refractivity (Wildman–Crippen MR) is 74.5 cm³/mol. The lowest BCUT2D eigenvalue weighted by Crippen LogP contribution is -2.25. The van der Waals surface area contributed by atoms with Crippen LogP contribution in [0, 0.1) is 28.6 Å². The third kappa shape index (κ3) is 2.64. The maximum Gasteiger partial charge on any atom is 0.147 e. The zero-order chi connectivity index (χ0) is 13.8. The molecule has 1 aromatic heterocycles. The molecule has 2 aromatic rings. The van der Waals surface area contributed by atoms with E-state index in [4.69, 9.17) is 5.26 Å². The van der Waals surface area contributed by atoms with Gasteiger partial charge in [-0.05, 0) is 19.1 Å². The molecule has 0 N–H and O–H groups in total. The zero-order valence-corrected chi connectivity index (χ0v) is 11.0. The van der Waals surface area contributed by atoms with Crippen molar-refractivity contribution in [2.24, 2.45) is 5.92 Å². The number of fused-ring (bicyclic) bond motifs is 1. The molecular formula is C15H14N4. The van der Waals surface area contributed by atoms with Gasteiger partial charge in [0.1, 0.15) is 11.9 Å². The van der Waals surface area contributed by atoms with Crippen molar-refractivity contribution in [1.29, 1.82) is 10.5 Å². The van der Waals surface area contributed by atoms with Gasteiger partial charge >= 0.3 is 0 Å². The molecule has 1 heterocycles. The molecule has 0 saturated heterocycles. The Balaban J connectivity index is 2.47. The molecule has 0 spiro atoms. The predicted octanol–water partition coefficient (Wildman–Crippen LogP) is 2.70. The van der Waals surface area contributed by atoms with Gasteiger partial charge in [0.05, 0.1) is 23.1 Å². The van der Waals surface area contributed by atoms with Crippen LogP contribution in [0.15, 0.2) is 30.3 Å². The molecule has 4 heteroatoms. The fourth-order valence-corrected chi connectivity index (χ4v) is 2.02. The minimum Gasteiger partial charge on any atom is -0.357 e. The smallest absolute Gasteiger partial charge is 0.147 e. The van der Waals surface area contributed by atoms with Crippen LogP contribution in [-0.4, -0.2) is 18.6 Å². The number of hydrogen-bond acceptors (Lipinski definition) is 4. The van der Waals surface area contributed by atoms with Gasteiger partial charge in [0, 0.05) is 19.0 Å². The van der Waals surface area contributed by atoms with Crippen LogP contribution in [0.3, 0.4) is 0 Å². The Morgan fingerprint density at radius 1 is 1.32 bits per heavy atom. The quantitative estimate of drug-likeness (QED) is 0.840. The van der Waals surface area contributed by atoms with Crippen molar-refractivity contribution < 1.29 is 0 Å². The van der Waals surface area contributed by atoms with Crippen LogP contribution in [0.25, 0.3) is 10.9 Å². The Labute approximate surface area is 112 Å². The van der Waals surface area contributed by atoms with E-state index in [1.165, 1.54) is 0 Å². The number of benzene rings is 1. The van der Waals surface area contributed by atoms with E-state index < -0.39 is 0 Å². The Hall–Kier alpha value is -2.59. The van der Waals surface area contributed by atoms with Crippen molar-refractivity contribution in [3.8, 4) is 12.1 Å². The van der Waals surface area contributed by atoms with Crippen LogP contribution in [0.4, 0.5) is 5.82 Å². The monoisotopic (exact) mass is 250 g/mol. The van der Waals surface area contributed by atoms with Crippen molar-refractivity contribution in [3.05, 3.63) is 35.9 Å². The van der Waals surface area contributed by atoms with Crippen LogP contribution in [0.2, 0.25) is 0 Å². The van der Waals surface area contributed by atoms with E-state index in [1.54, 1.807) is 0 Å². The van der Waals surface area contributed by atoms with Crippen LogP contribution >= 0.6 is 0 Å². The number of aromatic nitrogens is 1. The number of nitrogens with zero attached hydrogens (tertiary/aromatic N) is 4. The molecule has 4 nitrogen and oxygen atoms in total. The van der Waals surface area contributed by atoms with Gasteiger partial charge in [0.15, 0.2) is 0 Å². The fraction of sp³-hybridized carbons (Fsp3) is 0.267. The summed E-state index contributed by atoms with van der Waals surface area (Å²) < 4.78 is 0. The number of pyridine rings is 1. The lowest BCUT2D eigenvalue weighted by molar-refractivity contribution is 0.710. The average Bonchev–Trinajstić information content (AvgIpc) is 2.45. The van der Waals surface area contributed by atoms with Crippen molar-refractivity contribution in [2.75, 3.05) is 18.5 Å². The van der Waals surface area contributed by atoms with Gasteiger partial charge in [-0.3, -0.25) is 0 Å². The van der Waals surface area contributed by atoms with Gasteiger partial charge in [0.25, 0.3) is 0 Å². The SMILES string of the molecule is CC(C#N)CN(C)c1nc2ccccc2cc1C#N. The molecular weight excluding hydrogens is 236 g/mol. The Kier molecular flexibility index (Phi) is 3.63. The third-order valence-corrected chi connectivity index (χ3v) is 2.95. The second-order valence-corrected chi connectivity index (χ2v) is 4.57. The maximum absolute atomic E-state index is 9.24. The van der Waals surface area contributed by atoms with Gasteiger partial charge in [0.2, 0.25) is 0 Å². The third-order valence-electron chi connectivity index (χ3n) is 2.95. The lowest BCUT2D eigenvalue weighted by Gasteiger charge is -2.20. The van der Waals surface area contributed by atoms with Gasteiger partial charge in [-0.15, -0.1) is 0 Å². The second kappa shape index (κ2) is 5.37. The summed E-state index contributed by atoms with van der Waals surface area (Å²) in [5.74, 6) is 0.521. The molecule has 0 saturated carbocycles. The van der Waals surface area contributed by atoms with Crippen molar-refractivity contribution >= 4 is 16.7 Å². The number of nitriles is 2. The van der Waals surface area contributed by atoms with E-state index in [-0.39, 0.29) is 5.92 Å². The minimum atomic E-state index is -0.107. The highest BCUT2D eigenvalue weighted by molar-refractivity contribution is 5.83. The highest BCUT2D eigenvalue weighted by atomic mass is 15.2. The first-order valence-corrected chi connectivity index (χ1v) is 6.06. The Bertz CT molecular complexity index is 679. The van der Waals surface area contributed by atoms with Crippen molar-refractivity contribution in [3.63, 3.8) is 0 Å². The van der Waals surface area contributed by atoms with Gasteiger partial charge in [-0.2, -0.15) is 10.5 Å². The Morgan fingerprint density at radius 2 is 2.05 bits per heavy atom. The number of anilines is 1. The summed E-state index contributed by atoms with van der Waals surface area (Å²) in [6.07, 6.45) is 0. The van der Waals surface area contributed by atoms with Crippen molar-refractivity contribution in [1.82, 2.24) is 4.98 Å². The molecule has 19 heavy (non-hydrogen) atoms. The van der Waals surface area contributed by atoms with E-state index in [0.717, 1.165) is 10.9 Å². The van der Waals surface area contributed by atoms with E-state index in [2.05, 4.69) is 17.1 Å². The molecule has 1 atom stereocenters. The van der Waals surface area contributed by atoms with E-state index in [0.29, 0.717) is 17.9 Å². The molecule has 0 aliphatic rings. The Morgan fingerprint density at radius 3 is 2.74 bits per heavy atom. The minimum absolute atomic E-state index is 0.107. The summed E-state index contributed by atoms with van der Waals surface area (Å²) in [7, 11) is 1.85. The summed E-state index contributed by atoms with van der Waals surface area (Å²) in [4.78, 5) is 6.39. The van der Waals surface area contributed by atoms with Gasteiger partial charge in [-0.25, -0.2) is 4.98 Å². The summed E-state index contributed by atoms with van der Waals surface area (Å²) in [5, 5.41) is 19.1. The molecule has 0 aliphatic heterocycles. The van der Waals surface area contributed by atoms with E-state index in [1.807, 2.05) is 49.2 Å². The summed E-state index contributed by atoms with van der Waals surface area (Å²) in [5.41, 5.74) is 1.39. The van der Waals surface area contributed by atoms with Crippen LogP contribution in [0.1, 0.15) is 12.5 Å². The molecule has 0 radical (unpaired) electrons. The number of hydrogen-bond donors (Lipinski definition) is 0. The molecule has 2 rings (SSSR count). The summed E-state index contributed by atoms with van der Waals surface area (Å²) in [6, 6.07) is 13.9. The van der Waals surface area contributed by atoms with Crippen LogP contribution in [-0.2, 0) is 0 Å². The normalized spacial score (nSPS) is 11.6. The van der Waals surface area contributed by atoms with Crippen LogP contribution in [0.5, 0.6) is 0 Å². The molecule has 0 aliphatic carbocycles. The largest absolute Gasteiger partial charge is 0.357 e. The second-order valence-electron chi connectivity index (χ2n) is 4.57. The maximum atomic E-state index is 9.24. The molecule has 0 amide bonds. The van der Waals surface area contributed by atoms with E-state index in [9.17, 15) is 5.26 Å². The van der Waals surface area contributed by atoms with Crippen LogP contribution < -0.4 is 4.90 Å². The first-order valence-electron chi connectivity index (χ1n) is 6.06. The molecule has 1 aromatic carbocycles. The summed E-state index contributed by atoms with van der Waals surface area (Å²) in [6.45, 7) is 2.40. The lowest BCUT2D eigenvalue weighted by atomic mass is 10.1. The fourth-order valence-electron chi connectivity index (χ4n) is 2.02. The highest BCUT2D eigenvalue weighted by Crippen LogP contribution is 2.22. The van der Waals surface area contributed by atoms with Crippen molar-refractivity contribution in [2.45, 2.75) is 6.92 Å². The number of para-hydroxylation sites is 1. The first kappa shape index (κ1) is 12.9. The molecule has 1 unspecified atom stereocenters. The average molecular weight is 250 g/mol. The molecule has 94 valence electrons. The standard InChI is InChI=1S/C15H14N4/c1-11(8-16)10-19(2)15-13(9-17)7-12-5-3-4-6-14(12)18-15/h3-7,11H,10H2,1-2H3.